The number of para-hydroxylation sites is 1. The maximum absolute atomic E-state index is 14.9. The predicted octanol–water partition coefficient (Wildman–Crippen LogP) is 4.82. The van der Waals surface area contributed by atoms with E-state index in [9.17, 15) is 9.18 Å². The van der Waals surface area contributed by atoms with Crippen LogP contribution >= 0.6 is 11.3 Å². The highest BCUT2D eigenvalue weighted by molar-refractivity contribution is 7.19. The van der Waals surface area contributed by atoms with E-state index in [1.807, 2.05) is 19.2 Å². The van der Waals surface area contributed by atoms with Crippen molar-refractivity contribution in [3.63, 3.8) is 0 Å². The standard InChI is InChI=1S/C24H24FN7OS/c1-26-19-12-11-14(13-27-19)20-15-7-6-9-17-22(34-23(28-17)29-24(33)31(2)3)21(15)32(30-20)18-10-5-4-8-16(18)25/h4-5,8,10-13H,6-7,9H2,1-3H3,(H,26,27)(H,28,29,33). The van der Waals surface area contributed by atoms with Gasteiger partial charge in [-0.25, -0.2) is 23.8 Å². The summed E-state index contributed by atoms with van der Waals surface area (Å²) in [5, 5.41) is 11.3. The summed E-state index contributed by atoms with van der Waals surface area (Å²) in [5.74, 6) is 0.397. The van der Waals surface area contributed by atoms with Crippen molar-refractivity contribution in [3.8, 4) is 27.5 Å². The van der Waals surface area contributed by atoms with Crippen LogP contribution in [-0.2, 0) is 12.8 Å². The number of halogens is 1. The number of carbonyl (C=O) groups excluding carboxylic acids is 1. The van der Waals surface area contributed by atoms with E-state index in [1.165, 1.54) is 22.3 Å². The fourth-order valence-electron chi connectivity index (χ4n) is 4.03. The Morgan fingerprint density at radius 1 is 1.18 bits per heavy atom. The van der Waals surface area contributed by atoms with Crippen LogP contribution in [-0.4, -0.2) is 51.8 Å². The molecule has 3 heterocycles. The summed E-state index contributed by atoms with van der Waals surface area (Å²) >= 11 is 1.39. The van der Waals surface area contributed by atoms with Gasteiger partial charge in [-0.1, -0.05) is 23.5 Å². The topological polar surface area (TPSA) is 88.0 Å². The summed E-state index contributed by atoms with van der Waals surface area (Å²) in [6.45, 7) is 0. The zero-order chi connectivity index (χ0) is 23.8. The predicted molar refractivity (Wildman–Crippen MR) is 132 cm³/mol. The van der Waals surface area contributed by atoms with Gasteiger partial charge in [-0.05, 0) is 43.5 Å². The Balaban J connectivity index is 1.71. The Labute approximate surface area is 200 Å². The molecule has 174 valence electrons. The van der Waals surface area contributed by atoms with Gasteiger partial charge in [-0.15, -0.1) is 0 Å². The Kier molecular flexibility index (Phi) is 5.74. The summed E-state index contributed by atoms with van der Waals surface area (Å²) in [5.41, 5.74) is 4.71. The van der Waals surface area contributed by atoms with E-state index in [-0.39, 0.29) is 11.8 Å². The fraction of sp³-hybridized carbons (Fsp3) is 0.250. The number of hydrogen-bond acceptors (Lipinski definition) is 6. The molecule has 3 aromatic heterocycles. The highest BCUT2D eigenvalue weighted by Gasteiger charge is 2.29. The summed E-state index contributed by atoms with van der Waals surface area (Å²) in [6.07, 6.45) is 4.17. The molecule has 1 aliphatic carbocycles. The van der Waals surface area contributed by atoms with Gasteiger partial charge in [-0.2, -0.15) is 5.10 Å². The van der Waals surface area contributed by atoms with E-state index in [4.69, 9.17) is 10.1 Å². The van der Waals surface area contributed by atoms with Gasteiger partial charge in [0.15, 0.2) is 5.13 Å². The molecule has 0 fully saturated rings. The van der Waals surface area contributed by atoms with E-state index >= 15 is 0 Å². The lowest BCUT2D eigenvalue weighted by Gasteiger charge is -2.09. The third-order valence-corrected chi connectivity index (χ3v) is 6.75. The van der Waals surface area contributed by atoms with E-state index < -0.39 is 0 Å². The third kappa shape index (κ3) is 3.90. The van der Waals surface area contributed by atoms with Gasteiger partial charge >= 0.3 is 6.03 Å². The molecule has 0 atom stereocenters. The van der Waals surface area contributed by atoms with Crippen LogP contribution in [0.25, 0.3) is 27.5 Å². The van der Waals surface area contributed by atoms with Crippen molar-refractivity contribution in [1.82, 2.24) is 24.6 Å². The second-order valence-corrected chi connectivity index (χ2v) is 9.19. The Bertz CT molecular complexity index is 1360. The van der Waals surface area contributed by atoms with Crippen molar-refractivity contribution in [2.75, 3.05) is 31.8 Å². The number of nitrogens with zero attached hydrogens (tertiary/aromatic N) is 5. The van der Waals surface area contributed by atoms with Gasteiger partial charge in [0, 0.05) is 38.5 Å². The molecule has 1 aromatic carbocycles. The highest BCUT2D eigenvalue weighted by Crippen LogP contribution is 2.43. The van der Waals surface area contributed by atoms with Crippen LogP contribution in [0.5, 0.6) is 0 Å². The van der Waals surface area contributed by atoms with Gasteiger partial charge in [0.25, 0.3) is 0 Å². The molecule has 2 amide bonds. The number of benzene rings is 1. The van der Waals surface area contributed by atoms with Crippen molar-refractivity contribution in [2.24, 2.45) is 0 Å². The monoisotopic (exact) mass is 477 g/mol. The summed E-state index contributed by atoms with van der Waals surface area (Å²) < 4.78 is 16.6. The van der Waals surface area contributed by atoms with E-state index in [0.29, 0.717) is 10.8 Å². The molecule has 0 unspecified atom stereocenters. The largest absolute Gasteiger partial charge is 0.373 e. The normalized spacial score (nSPS) is 12.5. The number of fused-ring (bicyclic) bond motifs is 3. The lowest BCUT2D eigenvalue weighted by Crippen LogP contribution is -2.27. The maximum atomic E-state index is 14.9. The van der Waals surface area contributed by atoms with Crippen LogP contribution in [0, 0.1) is 5.82 Å². The summed E-state index contributed by atoms with van der Waals surface area (Å²) in [4.78, 5) is 23.7. The number of aromatic nitrogens is 4. The number of rotatable bonds is 4. The number of hydrogen-bond donors (Lipinski definition) is 2. The quantitative estimate of drug-likeness (QED) is 0.440. The van der Waals surface area contributed by atoms with Crippen LogP contribution in [0.2, 0.25) is 0 Å². The molecule has 0 aliphatic heterocycles. The van der Waals surface area contributed by atoms with Crippen molar-refractivity contribution in [2.45, 2.75) is 19.3 Å². The maximum Gasteiger partial charge on any atom is 0.323 e. The molecule has 0 saturated carbocycles. The van der Waals surface area contributed by atoms with Gasteiger partial charge < -0.3 is 10.2 Å². The molecule has 2 N–H and O–H groups in total. The zero-order valence-corrected chi connectivity index (χ0v) is 19.9. The van der Waals surface area contributed by atoms with E-state index in [2.05, 4.69) is 15.6 Å². The molecule has 0 saturated heterocycles. The summed E-state index contributed by atoms with van der Waals surface area (Å²) in [7, 11) is 5.18. The first-order chi connectivity index (χ1) is 16.5. The molecule has 34 heavy (non-hydrogen) atoms. The first-order valence-electron chi connectivity index (χ1n) is 11.0. The Hall–Kier alpha value is -3.79. The van der Waals surface area contributed by atoms with Gasteiger partial charge in [0.1, 0.15) is 17.3 Å². The Morgan fingerprint density at radius 2 is 2.00 bits per heavy atom. The Morgan fingerprint density at radius 3 is 2.71 bits per heavy atom. The van der Waals surface area contributed by atoms with Gasteiger partial charge in [0.05, 0.1) is 22.0 Å². The van der Waals surface area contributed by atoms with Crippen molar-refractivity contribution < 1.29 is 9.18 Å². The van der Waals surface area contributed by atoms with Gasteiger partial charge in [0.2, 0.25) is 0 Å². The number of anilines is 2. The van der Waals surface area contributed by atoms with Crippen molar-refractivity contribution in [3.05, 3.63) is 59.7 Å². The van der Waals surface area contributed by atoms with E-state index in [0.717, 1.165) is 58.2 Å². The number of pyridine rings is 1. The van der Waals surface area contributed by atoms with Gasteiger partial charge in [-0.3, -0.25) is 5.32 Å². The smallest absolute Gasteiger partial charge is 0.323 e. The van der Waals surface area contributed by atoms with Crippen molar-refractivity contribution in [1.29, 1.82) is 0 Å². The zero-order valence-electron chi connectivity index (χ0n) is 19.1. The molecule has 1 aliphatic rings. The molecular weight excluding hydrogens is 453 g/mol. The molecule has 5 rings (SSSR count). The first kappa shape index (κ1) is 22.0. The number of thiazole rings is 1. The molecule has 10 heteroatoms. The SMILES string of the molecule is CNc1ccc(-c2nn(-c3ccccc3F)c3c2CCCc2nc(NC(=O)N(C)C)sc2-3)cn1. The van der Waals surface area contributed by atoms with Crippen LogP contribution in [0.4, 0.5) is 20.1 Å². The molecule has 0 bridgehead atoms. The number of nitrogens with one attached hydrogen (secondary N) is 2. The molecule has 8 nitrogen and oxygen atoms in total. The number of amides is 2. The molecule has 0 radical (unpaired) electrons. The second-order valence-electron chi connectivity index (χ2n) is 8.19. The minimum absolute atomic E-state index is 0.247. The lowest BCUT2D eigenvalue weighted by atomic mass is 10.0. The van der Waals surface area contributed by atoms with Crippen LogP contribution < -0.4 is 10.6 Å². The summed E-state index contributed by atoms with van der Waals surface area (Å²) in [6, 6.07) is 10.2. The van der Waals surface area contributed by atoms with Crippen LogP contribution in [0.3, 0.4) is 0 Å². The third-order valence-electron chi connectivity index (χ3n) is 5.73. The first-order valence-corrected chi connectivity index (χ1v) is 11.8. The minimum atomic E-state index is -0.362. The number of carbonyl (C=O) groups is 1. The fourth-order valence-corrected chi connectivity index (χ4v) is 5.09. The molecule has 4 aromatic rings. The second kappa shape index (κ2) is 8.86. The molecular formula is C24H24FN7OS. The lowest BCUT2D eigenvalue weighted by molar-refractivity contribution is 0.230. The van der Waals surface area contributed by atoms with E-state index in [1.54, 1.807) is 43.2 Å². The molecule has 0 spiro atoms. The highest BCUT2D eigenvalue weighted by atomic mass is 32.1. The minimum Gasteiger partial charge on any atom is -0.373 e. The number of urea groups is 1. The average molecular weight is 478 g/mol. The average Bonchev–Trinajstić information content (AvgIpc) is 3.35. The van der Waals surface area contributed by atoms with Crippen LogP contribution in [0.15, 0.2) is 42.6 Å². The number of aryl methyl sites for hydroxylation is 1. The van der Waals surface area contributed by atoms with Crippen molar-refractivity contribution >= 4 is 28.3 Å². The van der Waals surface area contributed by atoms with Crippen LogP contribution in [0.1, 0.15) is 17.7 Å².